The molecule has 0 saturated carbocycles. The number of benzene rings is 4. The molecule has 0 aliphatic carbocycles. The SMILES string of the molecule is C[C@H](c1ccc(CNC(N)=O)cc1)N(C(=O)C(c1ccccc1)c1ccccc1)[C@H](CCCNC(=O)OCc1ccccc1)C(N)=O. The monoisotopic (exact) mass is 635 g/mol. The minimum Gasteiger partial charge on any atom is -0.445 e. The fourth-order valence-corrected chi connectivity index (χ4v) is 5.47. The van der Waals surface area contributed by atoms with Crippen molar-refractivity contribution in [1.82, 2.24) is 15.5 Å². The molecule has 0 saturated heterocycles. The summed E-state index contributed by atoms with van der Waals surface area (Å²) in [6, 6.07) is 33.4. The van der Waals surface area contributed by atoms with Crippen molar-refractivity contribution in [2.75, 3.05) is 6.54 Å². The lowest BCUT2D eigenvalue weighted by Gasteiger charge is -2.38. The number of nitrogens with one attached hydrogen (secondary N) is 2. The lowest BCUT2D eigenvalue weighted by molar-refractivity contribution is -0.142. The third-order valence-electron chi connectivity index (χ3n) is 7.91. The average molecular weight is 636 g/mol. The van der Waals surface area contributed by atoms with Gasteiger partial charge in [-0.3, -0.25) is 9.59 Å². The highest BCUT2D eigenvalue weighted by atomic mass is 16.5. The van der Waals surface area contributed by atoms with E-state index in [2.05, 4.69) is 10.6 Å². The van der Waals surface area contributed by atoms with Gasteiger partial charge >= 0.3 is 12.1 Å². The smallest absolute Gasteiger partial charge is 0.407 e. The zero-order valence-electron chi connectivity index (χ0n) is 26.4. The van der Waals surface area contributed by atoms with Crippen LogP contribution in [-0.2, 0) is 27.5 Å². The maximum absolute atomic E-state index is 14.8. The van der Waals surface area contributed by atoms with Crippen LogP contribution in [-0.4, -0.2) is 41.4 Å². The highest BCUT2D eigenvalue weighted by Crippen LogP contribution is 2.33. The van der Waals surface area contributed by atoms with Gasteiger partial charge in [0.25, 0.3) is 0 Å². The standard InChI is InChI=1S/C37H41N5O5/c1-26(29-21-19-27(20-22-29)24-41-36(39)45)42(35(44)33(30-14-7-3-8-15-30)31-16-9-4-10-17-31)32(34(38)43)18-11-23-40-37(46)47-25-28-12-5-2-6-13-28/h2-10,12-17,19-22,26,32-33H,11,18,23-25H2,1H3,(H2,38,43)(H,40,46)(H3,39,41,45)/t26-,32-/m1/s1. The minimum absolute atomic E-state index is 0.133. The second-order valence-electron chi connectivity index (χ2n) is 11.2. The van der Waals surface area contributed by atoms with E-state index >= 15 is 0 Å². The van der Waals surface area contributed by atoms with Gasteiger partial charge in [-0.25, -0.2) is 9.59 Å². The summed E-state index contributed by atoms with van der Waals surface area (Å²) < 4.78 is 5.30. The minimum atomic E-state index is -0.981. The molecule has 10 heteroatoms. The number of primary amides is 2. The summed E-state index contributed by atoms with van der Waals surface area (Å²) >= 11 is 0. The highest BCUT2D eigenvalue weighted by Gasteiger charge is 2.37. The van der Waals surface area contributed by atoms with Crippen LogP contribution in [0.4, 0.5) is 9.59 Å². The Labute approximate surface area is 275 Å². The molecule has 4 aromatic carbocycles. The van der Waals surface area contributed by atoms with E-state index in [-0.39, 0.29) is 32.0 Å². The van der Waals surface area contributed by atoms with Crippen LogP contribution < -0.4 is 22.1 Å². The third-order valence-corrected chi connectivity index (χ3v) is 7.91. The number of urea groups is 1. The van der Waals surface area contributed by atoms with E-state index in [1.165, 1.54) is 0 Å². The van der Waals surface area contributed by atoms with E-state index in [4.69, 9.17) is 16.2 Å². The molecule has 0 aromatic heterocycles. The number of rotatable bonds is 15. The number of nitrogens with two attached hydrogens (primary N) is 2. The van der Waals surface area contributed by atoms with Gasteiger partial charge < -0.3 is 31.7 Å². The topological polar surface area (TPSA) is 157 Å². The normalized spacial score (nSPS) is 12.0. The summed E-state index contributed by atoms with van der Waals surface area (Å²) in [6.45, 7) is 2.46. The Bertz CT molecular complexity index is 1560. The summed E-state index contributed by atoms with van der Waals surface area (Å²) in [4.78, 5) is 53.0. The first kappa shape index (κ1) is 34.2. The van der Waals surface area contributed by atoms with Crippen LogP contribution in [0.2, 0.25) is 0 Å². The fraction of sp³-hybridized carbons (Fsp3) is 0.243. The summed E-state index contributed by atoms with van der Waals surface area (Å²) in [5.74, 6) is -1.64. The Morgan fingerprint density at radius 1 is 0.702 bits per heavy atom. The molecule has 244 valence electrons. The Morgan fingerprint density at radius 2 is 1.26 bits per heavy atom. The van der Waals surface area contributed by atoms with Crippen molar-refractivity contribution in [2.24, 2.45) is 11.5 Å². The molecule has 2 atom stereocenters. The van der Waals surface area contributed by atoms with Crippen LogP contribution in [0.3, 0.4) is 0 Å². The highest BCUT2D eigenvalue weighted by molar-refractivity contribution is 5.92. The molecule has 0 bridgehead atoms. The molecule has 0 spiro atoms. The van der Waals surface area contributed by atoms with E-state index in [9.17, 15) is 19.2 Å². The van der Waals surface area contributed by atoms with Crippen molar-refractivity contribution in [3.8, 4) is 0 Å². The molecule has 0 aliphatic heterocycles. The number of amides is 5. The van der Waals surface area contributed by atoms with Gasteiger partial charge in [0.15, 0.2) is 0 Å². The zero-order valence-corrected chi connectivity index (χ0v) is 26.4. The molecule has 5 amide bonds. The number of carbonyl (C=O) groups is 4. The van der Waals surface area contributed by atoms with Crippen molar-refractivity contribution in [1.29, 1.82) is 0 Å². The van der Waals surface area contributed by atoms with Crippen molar-refractivity contribution >= 4 is 23.9 Å². The quantitative estimate of drug-likeness (QED) is 0.133. The molecule has 0 radical (unpaired) electrons. The molecule has 0 aliphatic rings. The van der Waals surface area contributed by atoms with Gasteiger partial charge in [-0.1, -0.05) is 115 Å². The third kappa shape index (κ3) is 9.92. The van der Waals surface area contributed by atoms with Gasteiger partial charge in [-0.2, -0.15) is 0 Å². The maximum Gasteiger partial charge on any atom is 0.407 e. The van der Waals surface area contributed by atoms with Gasteiger partial charge in [0.05, 0.1) is 12.0 Å². The van der Waals surface area contributed by atoms with Crippen LogP contribution >= 0.6 is 0 Å². The van der Waals surface area contributed by atoms with Gasteiger partial charge in [0.1, 0.15) is 12.6 Å². The molecule has 6 N–H and O–H groups in total. The van der Waals surface area contributed by atoms with E-state index in [1.54, 1.807) is 4.90 Å². The molecule has 4 rings (SSSR count). The van der Waals surface area contributed by atoms with Crippen molar-refractivity contribution < 1.29 is 23.9 Å². The van der Waals surface area contributed by atoms with Crippen LogP contribution in [0, 0.1) is 0 Å². The van der Waals surface area contributed by atoms with Crippen LogP contribution in [0.1, 0.15) is 59.5 Å². The number of hydrogen-bond acceptors (Lipinski definition) is 5. The summed E-state index contributed by atoms with van der Waals surface area (Å²) in [5, 5.41) is 5.28. The summed E-state index contributed by atoms with van der Waals surface area (Å²) in [6.07, 6.45) is -0.00448. The van der Waals surface area contributed by atoms with Crippen molar-refractivity contribution in [3.05, 3.63) is 143 Å². The molecule has 10 nitrogen and oxygen atoms in total. The Morgan fingerprint density at radius 3 is 1.79 bits per heavy atom. The Balaban J connectivity index is 1.58. The molecular weight excluding hydrogens is 594 g/mol. The van der Waals surface area contributed by atoms with E-state index in [1.807, 2.05) is 122 Å². The average Bonchev–Trinajstić information content (AvgIpc) is 3.09. The number of nitrogens with zero attached hydrogens (tertiary/aromatic N) is 1. The number of ether oxygens (including phenoxy) is 1. The van der Waals surface area contributed by atoms with E-state index < -0.39 is 36.0 Å². The summed E-state index contributed by atoms with van der Waals surface area (Å²) in [5.41, 5.74) is 15.2. The first-order valence-corrected chi connectivity index (χ1v) is 15.5. The van der Waals surface area contributed by atoms with Gasteiger partial charge in [0, 0.05) is 13.1 Å². The second-order valence-corrected chi connectivity index (χ2v) is 11.2. The first-order chi connectivity index (χ1) is 22.7. The summed E-state index contributed by atoms with van der Waals surface area (Å²) in [7, 11) is 0. The van der Waals surface area contributed by atoms with E-state index in [0.717, 1.165) is 27.8 Å². The molecular formula is C37H41N5O5. The molecule has 47 heavy (non-hydrogen) atoms. The van der Waals surface area contributed by atoms with Crippen molar-refractivity contribution in [2.45, 2.75) is 50.9 Å². The Kier molecular flexibility index (Phi) is 12.5. The molecule has 0 fully saturated rings. The van der Waals surface area contributed by atoms with Gasteiger partial charge in [-0.05, 0) is 47.6 Å². The number of carbonyl (C=O) groups excluding carboxylic acids is 4. The van der Waals surface area contributed by atoms with Crippen molar-refractivity contribution in [3.63, 3.8) is 0 Å². The van der Waals surface area contributed by atoms with Gasteiger partial charge in [0.2, 0.25) is 11.8 Å². The molecule has 0 unspecified atom stereocenters. The van der Waals surface area contributed by atoms with Gasteiger partial charge in [-0.15, -0.1) is 0 Å². The maximum atomic E-state index is 14.8. The molecule has 0 heterocycles. The lowest BCUT2D eigenvalue weighted by Crippen LogP contribution is -2.51. The second kappa shape index (κ2) is 17.2. The van der Waals surface area contributed by atoms with Crippen LogP contribution in [0.25, 0.3) is 0 Å². The number of alkyl carbamates (subject to hydrolysis) is 1. The Hall–Kier alpha value is -5.64. The zero-order chi connectivity index (χ0) is 33.6. The lowest BCUT2D eigenvalue weighted by atomic mass is 9.88. The predicted molar refractivity (Wildman–Crippen MR) is 180 cm³/mol. The van der Waals surface area contributed by atoms with Crippen LogP contribution in [0.5, 0.6) is 0 Å². The predicted octanol–water partition coefficient (Wildman–Crippen LogP) is 5.14. The largest absolute Gasteiger partial charge is 0.445 e. The molecule has 4 aromatic rings. The number of hydrogen-bond donors (Lipinski definition) is 4. The van der Waals surface area contributed by atoms with E-state index in [0.29, 0.717) is 6.42 Å². The van der Waals surface area contributed by atoms with Crippen LogP contribution in [0.15, 0.2) is 115 Å². The first-order valence-electron chi connectivity index (χ1n) is 15.5. The fourth-order valence-electron chi connectivity index (χ4n) is 5.47.